The number of nitrogens with one attached hydrogen (secondary N) is 1. The Labute approximate surface area is 151 Å². The van der Waals surface area contributed by atoms with E-state index in [0.29, 0.717) is 22.4 Å². The van der Waals surface area contributed by atoms with Gasteiger partial charge in [0.15, 0.2) is 5.76 Å². The van der Waals surface area contributed by atoms with E-state index in [2.05, 4.69) is 15.5 Å². The maximum atomic E-state index is 13.2. The van der Waals surface area contributed by atoms with Crippen molar-refractivity contribution in [1.29, 1.82) is 0 Å². The van der Waals surface area contributed by atoms with Crippen molar-refractivity contribution >= 4 is 35.0 Å². The predicted octanol–water partition coefficient (Wildman–Crippen LogP) is 3.16. The zero-order valence-electron chi connectivity index (χ0n) is 12.9. The number of carbonyl (C=O) groups is 1. The SMILES string of the molecule is CC(Sc1nnc(-c2ccco2)n1N)C(=O)Nc1ccc(F)c(Cl)c1. The first-order chi connectivity index (χ1) is 12.0. The number of hydrogen-bond acceptors (Lipinski definition) is 6. The monoisotopic (exact) mass is 381 g/mol. The second-order valence-electron chi connectivity index (χ2n) is 5.03. The van der Waals surface area contributed by atoms with Gasteiger partial charge < -0.3 is 15.6 Å². The molecule has 1 aromatic carbocycles. The molecule has 7 nitrogen and oxygen atoms in total. The Kier molecular flexibility index (Phi) is 4.95. The van der Waals surface area contributed by atoms with Gasteiger partial charge in [-0.2, -0.15) is 0 Å². The lowest BCUT2D eigenvalue weighted by atomic mass is 10.3. The van der Waals surface area contributed by atoms with Crippen LogP contribution in [0.4, 0.5) is 10.1 Å². The quantitative estimate of drug-likeness (QED) is 0.520. The van der Waals surface area contributed by atoms with Gasteiger partial charge in [-0.1, -0.05) is 23.4 Å². The van der Waals surface area contributed by atoms with Gasteiger partial charge in [0.1, 0.15) is 5.82 Å². The van der Waals surface area contributed by atoms with Gasteiger partial charge in [-0.25, -0.2) is 9.07 Å². The zero-order valence-corrected chi connectivity index (χ0v) is 14.5. The molecule has 1 unspecified atom stereocenters. The normalized spacial score (nSPS) is 12.1. The highest BCUT2D eigenvalue weighted by Gasteiger charge is 2.21. The number of amides is 1. The molecule has 0 radical (unpaired) electrons. The maximum absolute atomic E-state index is 13.2. The molecule has 2 aromatic heterocycles. The Bertz CT molecular complexity index is 899. The fourth-order valence-corrected chi connectivity index (χ4v) is 2.91. The van der Waals surface area contributed by atoms with Crippen LogP contribution in [0.1, 0.15) is 6.92 Å². The summed E-state index contributed by atoms with van der Waals surface area (Å²) in [5.41, 5.74) is 0.398. The Hall–Kier alpha value is -2.52. The van der Waals surface area contributed by atoms with E-state index in [9.17, 15) is 9.18 Å². The summed E-state index contributed by atoms with van der Waals surface area (Å²) < 4.78 is 19.6. The molecule has 3 rings (SSSR count). The second kappa shape index (κ2) is 7.16. The molecule has 2 heterocycles. The minimum Gasteiger partial charge on any atom is -0.461 e. The minimum atomic E-state index is -0.552. The van der Waals surface area contributed by atoms with Gasteiger partial charge in [-0.3, -0.25) is 4.79 Å². The Morgan fingerprint density at radius 3 is 2.92 bits per heavy atom. The van der Waals surface area contributed by atoms with Crippen molar-refractivity contribution in [2.45, 2.75) is 17.3 Å². The van der Waals surface area contributed by atoms with Crippen molar-refractivity contribution in [3.63, 3.8) is 0 Å². The average molecular weight is 382 g/mol. The number of rotatable bonds is 5. The molecule has 1 atom stereocenters. The number of benzene rings is 1. The summed E-state index contributed by atoms with van der Waals surface area (Å²) in [5.74, 6) is 5.91. The van der Waals surface area contributed by atoms with Crippen molar-refractivity contribution in [3.8, 4) is 11.6 Å². The summed E-state index contributed by atoms with van der Waals surface area (Å²) in [4.78, 5) is 12.3. The molecule has 25 heavy (non-hydrogen) atoms. The van der Waals surface area contributed by atoms with E-state index in [0.717, 1.165) is 11.8 Å². The molecule has 10 heteroatoms. The van der Waals surface area contributed by atoms with Gasteiger partial charge in [0.25, 0.3) is 0 Å². The number of nitrogen functional groups attached to an aromatic ring is 1. The lowest BCUT2D eigenvalue weighted by molar-refractivity contribution is -0.115. The molecule has 3 N–H and O–H groups in total. The number of nitrogens with zero attached hydrogens (tertiary/aromatic N) is 3. The fraction of sp³-hybridized carbons (Fsp3) is 0.133. The lowest BCUT2D eigenvalue weighted by Crippen LogP contribution is -2.23. The van der Waals surface area contributed by atoms with Crippen LogP contribution in [0.5, 0.6) is 0 Å². The highest BCUT2D eigenvalue weighted by molar-refractivity contribution is 8.00. The molecule has 3 aromatic rings. The molecule has 0 aliphatic heterocycles. The summed E-state index contributed by atoms with van der Waals surface area (Å²) in [6.07, 6.45) is 1.50. The number of thioether (sulfide) groups is 1. The number of aromatic nitrogens is 3. The number of halogens is 2. The summed E-state index contributed by atoms with van der Waals surface area (Å²) >= 11 is 6.83. The zero-order chi connectivity index (χ0) is 18.0. The molecular formula is C15H13ClFN5O2S. The van der Waals surface area contributed by atoms with Crippen molar-refractivity contribution in [1.82, 2.24) is 14.9 Å². The first-order valence-corrected chi connectivity index (χ1v) is 8.38. The highest BCUT2D eigenvalue weighted by Crippen LogP contribution is 2.26. The third-order valence-electron chi connectivity index (χ3n) is 3.24. The third-order valence-corrected chi connectivity index (χ3v) is 4.59. The maximum Gasteiger partial charge on any atom is 0.237 e. The number of nitrogens with two attached hydrogens (primary N) is 1. The topological polar surface area (TPSA) is 99.0 Å². The van der Waals surface area contributed by atoms with Gasteiger partial charge in [0.05, 0.1) is 16.5 Å². The van der Waals surface area contributed by atoms with Crippen LogP contribution in [0.25, 0.3) is 11.6 Å². The van der Waals surface area contributed by atoms with Crippen molar-refractivity contribution in [2.75, 3.05) is 11.2 Å². The van der Waals surface area contributed by atoms with Gasteiger partial charge in [-0.05, 0) is 37.3 Å². The van der Waals surface area contributed by atoms with E-state index in [1.54, 1.807) is 19.1 Å². The van der Waals surface area contributed by atoms with E-state index in [1.807, 2.05) is 0 Å². The molecule has 0 fully saturated rings. The first-order valence-electron chi connectivity index (χ1n) is 7.12. The Morgan fingerprint density at radius 1 is 1.44 bits per heavy atom. The van der Waals surface area contributed by atoms with Crippen LogP contribution < -0.4 is 11.2 Å². The highest BCUT2D eigenvalue weighted by atomic mass is 35.5. The summed E-state index contributed by atoms with van der Waals surface area (Å²) in [5, 5.41) is 10.3. The Morgan fingerprint density at radius 2 is 2.24 bits per heavy atom. The molecule has 0 spiro atoms. The largest absolute Gasteiger partial charge is 0.461 e. The molecule has 1 amide bonds. The van der Waals surface area contributed by atoms with Crippen LogP contribution in [0.2, 0.25) is 5.02 Å². The van der Waals surface area contributed by atoms with Gasteiger partial charge >= 0.3 is 0 Å². The fourth-order valence-electron chi connectivity index (χ4n) is 1.96. The van der Waals surface area contributed by atoms with Gasteiger partial charge in [0, 0.05) is 5.69 Å². The predicted molar refractivity (Wildman–Crippen MR) is 93.2 cm³/mol. The van der Waals surface area contributed by atoms with Crippen LogP contribution in [-0.2, 0) is 4.79 Å². The third kappa shape index (κ3) is 3.77. The van der Waals surface area contributed by atoms with E-state index >= 15 is 0 Å². The number of hydrogen-bond donors (Lipinski definition) is 2. The molecule has 0 saturated carbocycles. The Balaban J connectivity index is 1.68. The van der Waals surface area contributed by atoms with Crippen molar-refractivity contribution in [2.24, 2.45) is 0 Å². The van der Waals surface area contributed by atoms with Gasteiger partial charge in [-0.15, -0.1) is 10.2 Å². The van der Waals surface area contributed by atoms with Crippen molar-refractivity contribution < 1.29 is 13.6 Å². The summed E-state index contributed by atoms with van der Waals surface area (Å²) in [6, 6.07) is 7.36. The van der Waals surface area contributed by atoms with Crippen LogP contribution in [0.15, 0.2) is 46.2 Å². The molecule has 0 saturated heterocycles. The second-order valence-corrected chi connectivity index (χ2v) is 6.75. The first kappa shape index (κ1) is 17.3. The van der Waals surface area contributed by atoms with E-state index in [-0.39, 0.29) is 10.9 Å². The molecular weight excluding hydrogens is 369 g/mol. The standard InChI is InChI=1S/C15H13ClFN5O2S/c1-8(14(23)19-9-4-5-11(17)10(16)7-9)25-15-21-20-13(22(15)18)12-3-2-6-24-12/h2-8H,18H2,1H3,(H,19,23). The lowest BCUT2D eigenvalue weighted by Gasteiger charge is -2.11. The number of furan rings is 1. The smallest absolute Gasteiger partial charge is 0.237 e. The summed E-state index contributed by atoms with van der Waals surface area (Å²) in [7, 11) is 0. The van der Waals surface area contributed by atoms with Gasteiger partial charge in [0.2, 0.25) is 16.9 Å². The molecule has 0 bridgehead atoms. The van der Waals surface area contributed by atoms with Crippen LogP contribution in [-0.4, -0.2) is 26.0 Å². The average Bonchev–Trinajstić information content (AvgIpc) is 3.21. The van der Waals surface area contributed by atoms with E-state index < -0.39 is 11.1 Å². The van der Waals surface area contributed by atoms with Crippen molar-refractivity contribution in [3.05, 3.63) is 47.4 Å². The molecule has 130 valence electrons. The number of anilines is 1. The summed E-state index contributed by atoms with van der Waals surface area (Å²) in [6.45, 7) is 1.69. The molecule has 0 aliphatic carbocycles. The number of carbonyl (C=O) groups excluding carboxylic acids is 1. The molecule has 0 aliphatic rings. The minimum absolute atomic E-state index is 0.0668. The van der Waals surface area contributed by atoms with Crippen LogP contribution in [0.3, 0.4) is 0 Å². The van der Waals surface area contributed by atoms with Crippen LogP contribution >= 0.6 is 23.4 Å². The van der Waals surface area contributed by atoms with Crippen LogP contribution in [0, 0.1) is 5.82 Å². The van der Waals surface area contributed by atoms with E-state index in [1.165, 1.54) is 29.1 Å². The van der Waals surface area contributed by atoms with E-state index in [4.69, 9.17) is 21.9 Å².